The second-order valence-corrected chi connectivity index (χ2v) is 2.06. The van der Waals surface area contributed by atoms with Crippen LogP contribution in [0.5, 0.6) is 0 Å². The molecule has 0 aliphatic carbocycles. The molecule has 0 aromatic heterocycles. The highest BCUT2D eigenvalue weighted by Crippen LogP contribution is 2.08. The zero-order valence-electron chi connectivity index (χ0n) is 6.32. The van der Waals surface area contributed by atoms with E-state index in [0.29, 0.717) is 11.3 Å². The molecule has 0 fully saturated rings. The lowest BCUT2D eigenvalue weighted by molar-refractivity contribution is 0.651. The van der Waals surface area contributed by atoms with Gasteiger partial charge in [0.15, 0.2) is 0 Å². The van der Waals surface area contributed by atoms with E-state index in [1.165, 1.54) is 6.08 Å². The molecule has 0 amide bonds. The third kappa shape index (κ3) is 3.07. The Labute approximate surface area is 60.7 Å². The van der Waals surface area contributed by atoms with E-state index in [-0.39, 0.29) is 5.83 Å². The number of halogens is 1. The molecule has 0 aliphatic rings. The van der Waals surface area contributed by atoms with Gasteiger partial charge in [0.1, 0.15) is 5.83 Å². The van der Waals surface area contributed by atoms with Crippen molar-refractivity contribution in [3.05, 3.63) is 35.8 Å². The summed E-state index contributed by atoms with van der Waals surface area (Å²) in [6, 6.07) is 0. The Balaban J connectivity index is 4.31. The number of rotatable bonds is 2. The fourth-order valence-electron chi connectivity index (χ4n) is 0.353. The molecule has 0 spiro atoms. The minimum absolute atomic E-state index is 0.365. The number of nitrogens with two attached hydrogens (primary N) is 1. The maximum absolute atomic E-state index is 12.6. The van der Waals surface area contributed by atoms with Crippen LogP contribution in [0.2, 0.25) is 0 Å². The van der Waals surface area contributed by atoms with E-state index in [4.69, 9.17) is 5.73 Å². The van der Waals surface area contributed by atoms with Gasteiger partial charge in [0, 0.05) is 5.70 Å². The maximum Gasteiger partial charge on any atom is 0.127 e. The Morgan fingerprint density at radius 3 is 2.40 bits per heavy atom. The molecule has 0 rings (SSSR count). The van der Waals surface area contributed by atoms with Crippen molar-refractivity contribution in [2.45, 2.75) is 13.8 Å². The first-order chi connectivity index (χ1) is 4.57. The second kappa shape index (κ2) is 3.88. The fourth-order valence-corrected chi connectivity index (χ4v) is 0.353. The Kier molecular flexibility index (Phi) is 3.47. The van der Waals surface area contributed by atoms with Crippen LogP contribution in [0.25, 0.3) is 0 Å². The molecule has 0 saturated heterocycles. The van der Waals surface area contributed by atoms with Crippen LogP contribution in [0.3, 0.4) is 0 Å². The summed E-state index contributed by atoms with van der Waals surface area (Å²) in [4.78, 5) is 0. The summed E-state index contributed by atoms with van der Waals surface area (Å²) >= 11 is 0. The Morgan fingerprint density at radius 1 is 1.60 bits per heavy atom. The average Bonchev–Trinajstić information content (AvgIpc) is 1.87. The summed E-state index contributed by atoms with van der Waals surface area (Å²) < 4.78 is 12.6. The molecule has 0 aromatic carbocycles. The monoisotopic (exact) mass is 141 g/mol. The van der Waals surface area contributed by atoms with Crippen molar-refractivity contribution in [2.24, 2.45) is 5.73 Å². The normalized spacial score (nSPS) is 13.5. The zero-order valence-corrected chi connectivity index (χ0v) is 6.32. The van der Waals surface area contributed by atoms with Gasteiger partial charge >= 0.3 is 0 Å². The van der Waals surface area contributed by atoms with Gasteiger partial charge in [-0.05, 0) is 25.5 Å². The van der Waals surface area contributed by atoms with Crippen molar-refractivity contribution in [1.29, 1.82) is 0 Å². The Hall–Kier alpha value is -1.05. The summed E-state index contributed by atoms with van der Waals surface area (Å²) in [6.07, 6.45) is 2.88. The summed E-state index contributed by atoms with van der Waals surface area (Å²) in [7, 11) is 0. The molecule has 0 aliphatic heterocycles. The summed E-state index contributed by atoms with van der Waals surface area (Å²) in [5.41, 5.74) is 6.13. The maximum atomic E-state index is 12.6. The molecule has 56 valence electrons. The number of hydrogen-bond acceptors (Lipinski definition) is 1. The SMILES string of the molecule is C=C(C)/C(F)=C\C(N)=C/C. The Bertz CT molecular complexity index is 189. The predicted molar refractivity (Wildman–Crippen MR) is 41.9 cm³/mol. The molecule has 0 saturated carbocycles. The first-order valence-electron chi connectivity index (χ1n) is 3.02. The van der Waals surface area contributed by atoms with Crippen LogP contribution in [0.15, 0.2) is 35.8 Å². The molecule has 0 unspecified atom stereocenters. The van der Waals surface area contributed by atoms with Crippen LogP contribution < -0.4 is 5.73 Å². The van der Waals surface area contributed by atoms with Gasteiger partial charge < -0.3 is 5.73 Å². The van der Waals surface area contributed by atoms with Crippen molar-refractivity contribution in [3.63, 3.8) is 0 Å². The van der Waals surface area contributed by atoms with E-state index in [1.54, 1.807) is 19.9 Å². The average molecular weight is 141 g/mol. The lowest BCUT2D eigenvalue weighted by Crippen LogP contribution is -1.92. The minimum Gasteiger partial charge on any atom is -0.399 e. The molecule has 0 aromatic rings. The van der Waals surface area contributed by atoms with Crippen LogP contribution in [-0.4, -0.2) is 0 Å². The summed E-state index contributed by atoms with van der Waals surface area (Å²) in [6.45, 7) is 6.76. The lowest BCUT2D eigenvalue weighted by Gasteiger charge is -1.93. The zero-order chi connectivity index (χ0) is 8.15. The van der Waals surface area contributed by atoms with E-state index in [1.807, 2.05) is 0 Å². The van der Waals surface area contributed by atoms with Crippen molar-refractivity contribution < 1.29 is 4.39 Å². The molecule has 1 nitrogen and oxygen atoms in total. The van der Waals surface area contributed by atoms with Gasteiger partial charge in [-0.15, -0.1) is 0 Å². The topological polar surface area (TPSA) is 26.0 Å². The highest BCUT2D eigenvalue weighted by molar-refractivity contribution is 5.27. The van der Waals surface area contributed by atoms with E-state index >= 15 is 0 Å². The van der Waals surface area contributed by atoms with E-state index in [0.717, 1.165) is 0 Å². The van der Waals surface area contributed by atoms with Crippen LogP contribution in [-0.2, 0) is 0 Å². The smallest absolute Gasteiger partial charge is 0.127 e. The van der Waals surface area contributed by atoms with Gasteiger partial charge in [-0.1, -0.05) is 12.7 Å². The predicted octanol–water partition coefficient (Wildman–Crippen LogP) is 2.28. The first kappa shape index (κ1) is 8.95. The third-order valence-electron chi connectivity index (χ3n) is 1.03. The number of allylic oxidation sites excluding steroid dienone is 4. The van der Waals surface area contributed by atoms with Gasteiger partial charge in [0.2, 0.25) is 0 Å². The summed E-state index contributed by atoms with van der Waals surface area (Å²) in [5.74, 6) is -0.365. The third-order valence-corrected chi connectivity index (χ3v) is 1.03. The molecule has 0 radical (unpaired) electrons. The van der Waals surface area contributed by atoms with Crippen molar-refractivity contribution in [1.82, 2.24) is 0 Å². The minimum atomic E-state index is -0.365. The molecular weight excluding hydrogens is 129 g/mol. The first-order valence-corrected chi connectivity index (χ1v) is 3.02. The Morgan fingerprint density at radius 2 is 2.10 bits per heavy atom. The van der Waals surface area contributed by atoms with Crippen molar-refractivity contribution in [3.8, 4) is 0 Å². The van der Waals surface area contributed by atoms with Crippen LogP contribution in [0, 0.1) is 0 Å². The van der Waals surface area contributed by atoms with E-state index in [9.17, 15) is 4.39 Å². The molecule has 10 heavy (non-hydrogen) atoms. The quantitative estimate of drug-likeness (QED) is 0.586. The van der Waals surface area contributed by atoms with E-state index < -0.39 is 0 Å². The van der Waals surface area contributed by atoms with Gasteiger partial charge in [-0.2, -0.15) is 0 Å². The van der Waals surface area contributed by atoms with Crippen molar-refractivity contribution >= 4 is 0 Å². The largest absolute Gasteiger partial charge is 0.399 e. The lowest BCUT2D eigenvalue weighted by atomic mass is 10.2. The molecular formula is C8H12FN. The standard InChI is InChI=1S/C8H12FN/c1-4-7(10)5-8(9)6(2)3/h4-5H,2,10H2,1,3H3/b7-4+,8-5+. The van der Waals surface area contributed by atoms with Gasteiger partial charge in [-0.3, -0.25) is 0 Å². The highest BCUT2D eigenvalue weighted by Gasteiger charge is 1.93. The van der Waals surface area contributed by atoms with Gasteiger partial charge in [0.25, 0.3) is 0 Å². The molecule has 2 N–H and O–H groups in total. The molecule has 0 atom stereocenters. The van der Waals surface area contributed by atoms with Gasteiger partial charge in [-0.25, -0.2) is 4.39 Å². The number of hydrogen-bond donors (Lipinski definition) is 1. The fraction of sp³-hybridized carbons (Fsp3) is 0.250. The molecule has 2 heteroatoms. The summed E-state index contributed by atoms with van der Waals surface area (Å²) in [5, 5.41) is 0. The molecule has 0 heterocycles. The van der Waals surface area contributed by atoms with Crippen molar-refractivity contribution in [2.75, 3.05) is 0 Å². The highest BCUT2D eigenvalue weighted by atomic mass is 19.1. The van der Waals surface area contributed by atoms with Gasteiger partial charge in [0.05, 0.1) is 0 Å². The second-order valence-electron chi connectivity index (χ2n) is 2.06. The molecule has 0 bridgehead atoms. The van der Waals surface area contributed by atoms with Crippen LogP contribution in [0.1, 0.15) is 13.8 Å². The van der Waals surface area contributed by atoms with Crippen LogP contribution >= 0.6 is 0 Å². The van der Waals surface area contributed by atoms with Crippen LogP contribution in [0.4, 0.5) is 4.39 Å². The van der Waals surface area contributed by atoms with E-state index in [2.05, 4.69) is 6.58 Å².